The van der Waals surface area contributed by atoms with Gasteiger partial charge in [0.05, 0.1) is 6.04 Å². The molecule has 2 rings (SSSR count). The first-order valence-electron chi connectivity index (χ1n) is 13.3. The van der Waals surface area contributed by atoms with Crippen LogP contribution in [-0.2, 0) is 35.2 Å². The van der Waals surface area contributed by atoms with Crippen LogP contribution in [0.2, 0.25) is 0 Å². The van der Waals surface area contributed by atoms with Gasteiger partial charge in [-0.1, -0.05) is 38.5 Å². The number of hydrogen-bond acceptors (Lipinski definition) is 7. The number of hydrogen-bond donors (Lipinski definition) is 8. The van der Waals surface area contributed by atoms with Crippen molar-refractivity contribution in [3.05, 3.63) is 36.0 Å². The molecule has 0 aliphatic carbocycles. The van der Waals surface area contributed by atoms with E-state index in [1.54, 1.807) is 19.2 Å². The highest BCUT2D eigenvalue weighted by Gasteiger charge is 2.32. The fraction of sp³-hybridized carbons (Fsp3) is 0.481. The summed E-state index contributed by atoms with van der Waals surface area (Å²) in [5.74, 6) is -5.25. The van der Waals surface area contributed by atoms with Crippen molar-refractivity contribution in [2.24, 2.45) is 23.1 Å². The fourth-order valence-electron chi connectivity index (χ4n) is 4.15. The van der Waals surface area contributed by atoms with Crippen LogP contribution in [0, 0.1) is 5.92 Å². The molecule has 0 aliphatic rings. The summed E-state index contributed by atoms with van der Waals surface area (Å²) in [5, 5.41) is 17.8. The number of para-hydroxylation sites is 1. The Bertz CT molecular complexity index is 1260. The van der Waals surface area contributed by atoms with Gasteiger partial charge in [0.1, 0.15) is 18.1 Å². The van der Waals surface area contributed by atoms with E-state index >= 15 is 0 Å². The van der Waals surface area contributed by atoms with Gasteiger partial charge in [0, 0.05) is 36.4 Å². The number of carbonyl (C=O) groups is 6. The van der Waals surface area contributed by atoms with Crippen molar-refractivity contribution in [2.75, 3.05) is 0 Å². The number of aromatic nitrogens is 1. The number of primary amides is 2. The smallest absolute Gasteiger partial charge is 0.326 e. The van der Waals surface area contributed by atoms with Gasteiger partial charge in [0.2, 0.25) is 29.5 Å². The highest BCUT2D eigenvalue weighted by atomic mass is 16.4. The summed E-state index contributed by atoms with van der Waals surface area (Å²) >= 11 is 0. The van der Waals surface area contributed by atoms with Crippen LogP contribution in [0.15, 0.2) is 30.5 Å². The molecular weight excluding hydrogens is 534 g/mol. The van der Waals surface area contributed by atoms with Crippen molar-refractivity contribution >= 4 is 46.4 Å². The fourth-order valence-corrected chi connectivity index (χ4v) is 4.15. The summed E-state index contributed by atoms with van der Waals surface area (Å²) in [5.41, 5.74) is 17.8. The van der Waals surface area contributed by atoms with Gasteiger partial charge >= 0.3 is 5.97 Å². The summed E-state index contributed by atoms with van der Waals surface area (Å²) in [6.07, 6.45) is 1.30. The number of fused-ring (bicyclic) bond motifs is 1. The summed E-state index contributed by atoms with van der Waals surface area (Å²) in [4.78, 5) is 77.0. The lowest BCUT2D eigenvalue weighted by molar-refractivity contribution is -0.142. The minimum absolute atomic E-state index is 0.0490. The number of carbonyl (C=O) groups excluding carboxylic acids is 5. The molecule has 0 aliphatic heterocycles. The number of rotatable bonds is 17. The van der Waals surface area contributed by atoms with Gasteiger partial charge in [-0.15, -0.1) is 0 Å². The van der Waals surface area contributed by atoms with Gasteiger partial charge in [-0.25, -0.2) is 4.79 Å². The molecule has 1 heterocycles. The Morgan fingerprint density at radius 3 is 1.98 bits per heavy atom. The second kappa shape index (κ2) is 15.4. The molecule has 5 unspecified atom stereocenters. The highest BCUT2D eigenvalue weighted by Crippen LogP contribution is 2.19. The second-order valence-electron chi connectivity index (χ2n) is 10.0. The van der Waals surface area contributed by atoms with E-state index in [4.69, 9.17) is 17.2 Å². The van der Waals surface area contributed by atoms with Gasteiger partial charge < -0.3 is 43.2 Å². The molecular formula is C27H39N7O7. The summed E-state index contributed by atoms with van der Waals surface area (Å²) in [6.45, 7) is 3.64. The molecule has 0 saturated heterocycles. The number of H-pyrrole nitrogens is 1. The SMILES string of the molecule is CCC(C)C(N)C(=O)NC(CCC(N)=O)C(=O)NC(Cc1c[nH]c2ccccc12)C(=O)NC(CCC(N)=O)C(=O)O. The van der Waals surface area contributed by atoms with Gasteiger partial charge in [-0.05, 0) is 30.4 Å². The van der Waals surface area contributed by atoms with Crippen LogP contribution in [0.3, 0.4) is 0 Å². The number of carboxylic acids is 1. The number of amides is 5. The predicted octanol–water partition coefficient (Wildman–Crippen LogP) is -0.846. The molecule has 41 heavy (non-hydrogen) atoms. The molecule has 11 N–H and O–H groups in total. The molecule has 0 radical (unpaired) electrons. The van der Waals surface area contributed by atoms with Crippen molar-refractivity contribution in [1.82, 2.24) is 20.9 Å². The number of benzene rings is 1. The Morgan fingerprint density at radius 1 is 0.854 bits per heavy atom. The van der Waals surface area contributed by atoms with Crippen LogP contribution < -0.4 is 33.2 Å². The average Bonchev–Trinajstić information content (AvgIpc) is 3.33. The van der Waals surface area contributed by atoms with Crippen molar-refractivity contribution in [3.63, 3.8) is 0 Å². The maximum Gasteiger partial charge on any atom is 0.326 e. The lowest BCUT2D eigenvalue weighted by Gasteiger charge is -2.26. The molecule has 1 aromatic heterocycles. The molecule has 0 bridgehead atoms. The van der Waals surface area contributed by atoms with Crippen molar-refractivity contribution in [3.8, 4) is 0 Å². The van der Waals surface area contributed by atoms with Crippen LogP contribution in [0.25, 0.3) is 10.9 Å². The molecule has 0 fully saturated rings. The maximum absolute atomic E-state index is 13.4. The lowest BCUT2D eigenvalue weighted by Crippen LogP contribution is -2.58. The third-order valence-electron chi connectivity index (χ3n) is 6.90. The number of nitrogens with two attached hydrogens (primary N) is 3. The van der Waals surface area contributed by atoms with Crippen LogP contribution >= 0.6 is 0 Å². The third kappa shape index (κ3) is 9.90. The van der Waals surface area contributed by atoms with E-state index in [0.29, 0.717) is 12.0 Å². The van der Waals surface area contributed by atoms with Crippen molar-refractivity contribution in [1.29, 1.82) is 0 Å². The standard InChI is InChI=1S/C27H39N7O7/c1-3-14(2)23(30)26(39)32-18(8-10-21(28)35)24(37)34-20(12-15-13-31-17-7-5-4-6-16(15)17)25(38)33-19(27(40)41)9-11-22(29)36/h4-7,13-14,18-20,23,31H,3,8-12,30H2,1-2H3,(H2,28,35)(H2,29,36)(H,32,39)(H,33,38)(H,34,37)(H,40,41). The van der Waals surface area contributed by atoms with E-state index in [2.05, 4.69) is 20.9 Å². The molecule has 1 aromatic carbocycles. The van der Waals surface area contributed by atoms with Gasteiger partial charge in [0.15, 0.2) is 0 Å². The molecule has 0 spiro atoms. The molecule has 0 saturated carbocycles. The largest absolute Gasteiger partial charge is 0.480 e. The van der Waals surface area contributed by atoms with Gasteiger partial charge in [0.25, 0.3) is 0 Å². The zero-order valence-electron chi connectivity index (χ0n) is 23.1. The van der Waals surface area contributed by atoms with E-state index in [0.717, 1.165) is 10.9 Å². The van der Waals surface area contributed by atoms with E-state index in [1.165, 1.54) is 0 Å². The maximum atomic E-state index is 13.4. The molecule has 5 amide bonds. The van der Waals surface area contributed by atoms with E-state index in [-0.39, 0.29) is 38.0 Å². The van der Waals surface area contributed by atoms with Crippen molar-refractivity contribution < 1.29 is 33.9 Å². The predicted molar refractivity (Wildman–Crippen MR) is 150 cm³/mol. The van der Waals surface area contributed by atoms with E-state index in [1.807, 2.05) is 25.1 Å². The third-order valence-corrected chi connectivity index (χ3v) is 6.90. The number of carboxylic acid groups (broad SMARTS) is 1. The van der Waals surface area contributed by atoms with E-state index in [9.17, 15) is 33.9 Å². The molecule has 14 heteroatoms. The zero-order chi connectivity index (χ0) is 30.7. The molecule has 5 atom stereocenters. The first-order valence-corrected chi connectivity index (χ1v) is 13.3. The Balaban J connectivity index is 2.34. The summed E-state index contributed by atoms with van der Waals surface area (Å²) < 4.78 is 0. The molecule has 14 nitrogen and oxygen atoms in total. The molecule has 2 aromatic rings. The normalized spacial score (nSPS) is 14.7. The van der Waals surface area contributed by atoms with Gasteiger partial charge in [-0.2, -0.15) is 0 Å². The van der Waals surface area contributed by atoms with Crippen LogP contribution in [0.4, 0.5) is 0 Å². The summed E-state index contributed by atoms with van der Waals surface area (Å²) in [7, 11) is 0. The Hall–Kier alpha value is -4.46. The topological polar surface area (TPSA) is 253 Å². The highest BCUT2D eigenvalue weighted by molar-refractivity contribution is 5.95. The first-order chi connectivity index (χ1) is 19.3. The van der Waals surface area contributed by atoms with Crippen LogP contribution in [-0.4, -0.2) is 69.8 Å². The minimum Gasteiger partial charge on any atom is -0.480 e. The zero-order valence-corrected chi connectivity index (χ0v) is 23.1. The van der Waals surface area contributed by atoms with Gasteiger partial charge in [-0.3, -0.25) is 24.0 Å². The lowest BCUT2D eigenvalue weighted by atomic mass is 9.98. The van der Waals surface area contributed by atoms with Crippen LogP contribution in [0.1, 0.15) is 51.5 Å². The molecule has 224 valence electrons. The average molecular weight is 574 g/mol. The Morgan fingerprint density at radius 2 is 1.39 bits per heavy atom. The number of aliphatic carboxylic acids is 1. The monoisotopic (exact) mass is 573 g/mol. The quantitative estimate of drug-likeness (QED) is 0.118. The number of aromatic amines is 1. The van der Waals surface area contributed by atoms with Crippen LogP contribution in [0.5, 0.6) is 0 Å². The minimum atomic E-state index is -1.45. The number of nitrogens with one attached hydrogen (secondary N) is 4. The summed E-state index contributed by atoms with van der Waals surface area (Å²) in [6, 6.07) is 2.34. The van der Waals surface area contributed by atoms with Crippen molar-refractivity contribution in [2.45, 2.75) is 76.5 Å². The van der Waals surface area contributed by atoms with E-state index < -0.39 is 59.7 Å². The Labute approximate surface area is 237 Å². The first kappa shape index (κ1) is 32.8. The Kier molecular flexibility index (Phi) is 12.3. The second-order valence-corrected chi connectivity index (χ2v) is 10.0.